The number of esters is 2. The van der Waals surface area contributed by atoms with E-state index in [-0.39, 0.29) is 25.2 Å². The zero-order chi connectivity index (χ0) is 40.7. The summed E-state index contributed by atoms with van der Waals surface area (Å²) >= 11 is 0. The Balaban J connectivity index is 3.63. The van der Waals surface area contributed by atoms with Crippen molar-refractivity contribution in [3.63, 3.8) is 0 Å². The van der Waals surface area contributed by atoms with Gasteiger partial charge < -0.3 is 14.6 Å². The lowest BCUT2D eigenvalue weighted by Gasteiger charge is -2.15. The molecule has 0 radical (unpaired) electrons. The van der Waals surface area contributed by atoms with Gasteiger partial charge in [-0.1, -0.05) is 181 Å². The van der Waals surface area contributed by atoms with Gasteiger partial charge in [-0.05, 0) is 96.3 Å². The molecule has 1 N–H and O–H groups in total. The molecule has 0 aliphatic rings. The van der Waals surface area contributed by atoms with Crippen LogP contribution in [-0.4, -0.2) is 36.4 Å². The van der Waals surface area contributed by atoms with Crippen LogP contribution in [0.2, 0.25) is 0 Å². The van der Waals surface area contributed by atoms with Crippen LogP contribution < -0.4 is 0 Å². The highest BCUT2D eigenvalue weighted by Crippen LogP contribution is 2.13. The van der Waals surface area contributed by atoms with E-state index in [1.807, 2.05) is 0 Å². The van der Waals surface area contributed by atoms with Gasteiger partial charge in [0.2, 0.25) is 0 Å². The molecule has 316 valence electrons. The van der Waals surface area contributed by atoms with Gasteiger partial charge in [-0.15, -0.1) is 0 Å². The van der Waals surface area contributed by atoms with Gasteiger partial charge in [0.25, 0.3) is 0 Å². The van der Waals surface area contributed by atoms with E-state index in [0.717, 1.165) is 122 Å². The molecule has 0 bridgehead atoms. The standard InChI is InChI=1S/C51H82O5/c1-3-5-7-9-11-13-15-17-19-21-23-25-27-29-31-33-35-37-39-41-43-45-50(53)55-48-49(47-52)56-51(54)46-44-42-40-38-36-34-32-30-28-26-24-22-20-18-16-14-12-10-8-6-4-2/h5-8,11-14,17-20,23-26,30,32,49,52H,3-4,9-10,15-16,21-22,27-29,31,33-48H2,1-2H3/b7-5-,8-6-,13-11-,14-12-,19-17-,20-18-,25-23-,26-24-,32-30-. The number of allylic oxidation sites excluding steroid dienone is 18. The van der Waals surface area contributed by atoms with Crippen molar-refractivity contribution in [2.24, 2.45) is 0 Å². The largest absolute Gasteiger partial charge is 0.462 e. The van der Waals surface area contributed by atoms with Crippen molar-refractivity contribution in [1.82, 2.24) is 0 Å². The van der Waals surface area contributed by atoms with E-state index < -0.39 is 6.10 Å². The van der Waals surface area contributed by atoms with E-state index in [1.54, 1.807) is 0 Å². The molecule has 0 aliphatic carbocycles. The summed E-state index contributed by atoms with van der Waals surface area (Å²) in [5, 5.41) is 9.60. The zero-order valence-corrected chi connectivity index (χ0v) is 35.8. The highest BCUT2D eigenvalue weighted by molar-refractivity contribution is 5.70. The predicted molar refractivity (Wildman–Crippen MR) is 242 cm³/mol. The second-order valence-corrected chi connectivity index (χ2v) is 14.4. The summed E-state index contributed by atoms with van der Waals surface area (Å²) in [6.07, 6.45) is 65.8. The Morgan fingerprint density at radius 2 is 0.714 bits per heavy atom. The van der Waals surface area contributed by atoms with Crippen LogP contribution in [0.3, 0.4) is 0 Å². The van der Waals surface area contributed by atoms with Gasteiger partial charge in [-0.25, -0.2) is 0 Å². The molecule has 56 heavy (non-hydrogen) atoms. The van der Waals surface area contributed by atoms with Crippen LogP contribution in [0.5, 0.6) is 0 Å². The Kier molecular flexibility index (Phi) is 43.1. The molecule has 0 amide bonds. The number of rotatable bonds is 39. The number of carbonyl (C=O) groups is 2. The fraction of sp³-hybridized carbons (Fsp3) is 0.608. The summed E-state index contributed by atoms with van der Waals surface area (Å²) in [6.45, 7) is 3.88. The van der Waals surface area contributed by atoms with Crippen molar-refractivity contribution >= 4 is 11.9 Å². The first kappa shape index (κ1) is 52.6. The molecule has 0 saturated heterocycles. The molecule has 0 saturated carbocycles. The van der Waals surface area contributed by atoms with Crippen molar-refractivity contribution in [3.05, 3.63) is 109 Å². The lowest BCUT2D eigenvalue weighted by Crippen LogP contribution is -2.28. The number of hydrogen-bond donors (Lipinski definition) is 1. The Bertz CT molecular complexity index is 1150. The first-order valence-corrected chi connectivity index (χ1v) is 22.4. The van der Waals surface area contributed by atoms with Crippen molar-refractivity contribution < 1.29 is 24.2 Å². The van der Waals surface area contributed by atoms with Gasteiger partial charge in [0.15, 0.2) is 6.10 Å². The van der Waals surface area contributed by atoms with Gasteiger partial charge in [0.1, 0.15) is 6.61 Å². The Labute approximate surface area is 344 Å². The SMILES string of the molecule is CC/C=C\C/C=C\C/C=C\C/C=C\C/C=C\CCCCCCCC(=O)OC(CO)COC(=O)CCCCCCCCCC/C=C\C/C=C\C/C=C\C/C=C\CC. The lowest BCUT2D eigenvalue weighted by molar-refractivity contribution is -0.161. The molecule has 1 atom stereocenters. The second kappa shape index (κ2) is 45.9. The Morgan fingerprint density at radius 1 is 0.411 bits per heavy atom. The number of unbranched alkanes of at least 4 members (excludes halogenated alkanes) is 13. The molecule has 0 aromatic rings. The number of aliphatic hydroxyl groups excluding tert-OH is 1. The van der Waals surface area contributed by atoms with Crippen LogP contribution in [-0.2, 0) is 19.1 Å². The van der Waals surface area contributed by atoms with E-state index in [0.29, 0.717) is 12.8 Å². The fourth-order valence-electron chi connectivity index (χ4n) is 5.75. The van der Waals surface area contributed by atoms with E-state index in [4.69, 9.17) is 9.47 Å². The molecule has 5 heteroatoms. The minimum absolute atomic E-state index is 0.0855. The van der Waals surface area contributed by atoms with Crippen molar-refractivity contribution in [2.75, 3.05) is 13.2 Å². The number of ether oxygens (including phenoxy) is 2. The van der Waals surface area contributed by atoms with Crippen LogP contribution in [0, 0.1) is 0 Å². The van der Waals surface area contributed by atoms with Gasteiger partial charge in [0, 0.05) is 12.8 Å². The van der Waals surface area contributed by atoms with Crippen molar-refractivity contribution in [3.8, 4) is 0 Å². The molecular weight excluding hydrogens is 693 g/mol. The van der Waals surface area contributed by atoms with Gasteiger partial charge in [-0.2, -0.15) is 0 Å². The average molecular weight is 775 g/mol. The highest BCUT2D eigenvalue weighted by atomic mass is 16.6. The average Bonchev–Trinajstić information content (AvgIpc) is 3.20. The highest BCUT2D eigenvalue weighted by Gasteiger charge is 2.16. The van der Waals surface area contributed by atoms with E-state index >= 15 is 0 Å². The number of hydrogen-bond acceptors (Lipinski definition) is 5. The van der Waals surface area contributed by atoms with E-state index in [1.165, 1.54) is 32.1 Å². The third-order valence-corrected chi connectivity index (χ3v) is 9.06. The summed E-state index contributed by atoms with van der Waals surface area (Å²) < 4.78 is 10.6. The smallest absolute Gasteiger partial charge is 0.306 e. The van der Waals surface area contributed by atoms with Crippen LogP contribution in [0.25, 0.3) is 0 Å². The first-order chi connectivity index (χ1) is 27.6. The third kappa shape index (κ3) is 43.3. The Hall–Kier alpha value is -3.44. The maximum absolute atomic E-state index is 12.2. The van der Waals surface area contributed by atoms with Crippen molar-refractivity contribution in [2.45, 2.75) is 187 Å². The molecule has 1 unspecified atom stereocenters. The molecule has 5 nitrogen and oxygen atoms in total. The molecule has 0 fully saturated rings. The van der Waals surface area contributed by atoms with Crippen LogP contribution in [0.1, 0.15) is 181 Å². The summed E-state index contributed by atoms with van der Waals surface area (Å²) in [4.78, 5) is 24.4. The van der Waals surface area contributed by atoms with Gasteiger partial charge >= 0.3 is 11.9 Å². The molecular formula is C51H82O5. The minimum atomic E-state index is -0.794. The molecule has 0 heterocycles. The molecule has 0 aromatic heterocycles. The topological polar surface area (TPSA) is 72.8 Å². The van der Waals surface area contributed by atoms with Crippen LogP contribution in [0.4, 0.5) is 0 Å². The Morgan fingerprint density at radius 3 is 1.07 bits per heavy atom. The summed E-state index contributed by atoms with van der Waals surface area (Å²) in [6, 6.07) is 0. The third-order valence-electron chi connectivity index (χ3n) is 9.06. The van der Waals surface area contributed by atoms with Crippen LogP contribution in [0.15, 0.2) is 109 Å². The fourth-order valence-corrected chi connectivity index (χ4v) is 5.75. The molecule has 0 aromatic carbocycles. The second-order valence-electron chi connectivity index (χ2n) is 14.4. The van der Waals surface area contributed by atoms with E-state index in [2.05, 4.69) is 123 Å². The van der Waals surface area contributed by atoms with E-state index in [9.17, 15) is 14.7 Å². The summed E-state index contributed by atoms with van der Waals surface area (Å²) in [5.41, 5.74) is 0. The monoisotopic (exact) mass is 775 g/mol. The zero-order valence-electron chi connectivity index (χ0n) is 35.8. The normalized spacial score (nSPS) is 13.3. The van der Waals surface area contributed by atoms with Crippen LogP contribution >= 0.6 is 0 Å². The van der Waals surface area contributed by atoms with Crippen molar-refractivity contribution in [1.29, 1.82) is 0 Å². The minimum Gasteiger partial charge on any atom is -0.462 e. The number of carbonyl (C=O) groups excluding carboxylic acids is 2. The quantitative estimate of drug-likeness (QED) is 0.0382. The summed E-state index contributed by atoms with van der Waals surface area (Å²) in [5.74, 6) is -0.631. The first-order valence-electron chi connectivity index (χ1n) is 22.4. The maximum Gasteiger partial charge on any atom is 0.306 e. The number of aliphatic hydroxyl groups is 1. The summed E-state index contributed by atoms with van der Waals surface area (Å²) in [7, 11) is 0. The lowest BCUT2D eigenvalue weighted by atomic mass is 10.1. The molecule has 0 aliphatic heterocycles. The molecule has 0 spiro atoms. The maximum atomic E-state index is 12.2. The molecule has 0 rings (SSSR count). The van der Waals surface area contributed by atoms with Gasteiger partial charge in [0.05, 0.1) is 6.61 Å². The van der Waals surface area contributed by atoms with Gasteiger partial charge in [-0.3, -0.25) is 9.59 Å². The predicted octanol–water partition coefficient (Wildman–Crippen LogP) is 14.6.